The Labute approximate surface area is 162 Å². The van der Waals surface area contributed by atoms with Crippen LogP contribution in [0.3, 0.4) is 0 Å². The van der Waals surface area contributed by atoms with Gasteiger partial charge < -0.3 is 20.0 Å². The molecule has 6 heteroatoms. The van der Waals surface area contributed by atoms with E-state index in [4.69, 9.17) is 0 Å². The number of piperazine rings is 1. The van der Waals surface area contributed by atoms with Crippen LogP contribution < -0.4 is 5.32 Å². The highest BCUT2D eigenvalue weighted by atomic mass is 16.2. The molecule has 3 atom stereocenters. The van der Waals surface area contributed by atoms with Crippen LogP contribution in [0, 0.1) is 5.92 Å². The molecule has 0 unspecified atom stereocenters. The average Bonchev–Trinajstić information content (AvgIpc) is 3.07. The molecule has 6 nitrogen and oxygen atoms in total. The number of nitrogens with one attached hydrogen (secondary N) is 1. The van der Waals surface area contributed by atoms with Crippen molar-refractivity contribution in [1.82, 2.24) is 20.0 Å². The molecule has 0 aromatic heterocycles. The smallest absolute Gasteiger partial charge is 0.318 e. The van der Waals surface area contributed by atoms with Crippen LogP contribution in [0.4, 0.5) is 4.79 Å². The van der Waals surface area contributed by atoms with Crippen molar-refractivity contribution in [3.05, 3.63) is 35.9 Å². The lowest BCUT2D eigenvalue weighted by atomic mass is 9.97. The van der Waals surface area contributed by atoms with E-state index >= 15 is 0 Å². The van der Waals surface area contributed by atoms with Gasteiger partial charge in [-0.3, -0.25) is 4.79 Å². The number of benzene rings is 1. The number of amides is 3. The lowest BCUT2D eigenvalue weighted by molar-refractivity contribution is -0.142. The Kier molecular flexibility index (Phi) is 6.05. The molecule has 2 aliphatic heterocycles. The number of hydrogen-bond acceptors (Lipinski definition) is 3. The first-order chi connectivity index (χ1) is 12.9. The molecule has 0 aliphatic carbocycles. The maximum Gasteiger partial charge on any atom is 0.318 e. The summed E-state index contributed by atoms with van der Waals surface area (Å²) in [5, 5.41) is 3.01. The molecule has 27 heavy (non-hydrogen) atoms. The van der Waals surface area contributed by atoms with Crippen molar-refractivity contribution >= 4 is 11.9 Å². The number of likely N-dealkylation sites (N-methyl/N-ethyl adjacent to an activating group) is 1. The van der Waals surface area contributed by atoms with E-state index in [2.05, 4.69) is 38.2 Å². The minimum absolute atomic E-state index is 0.110. The van der Waals surface area contributed by atoms with Gasteiger partial charge in [-0.1, -0.05) is 44.2 Å². The normalized spacial score (nSPS) is 25.3. The van der Waals surface area contributed by atoms with Crippen LogP contribution in [0.15, 0.2) is 30.3 Å². The number of urea groups is 1. The maximum atomic E-state index is 13.2. The first-order valence-corrected chi connectivity index (χ1v) is 9.92. The number of carbonyl (C=O) groups excluding carboxylic acids is 2. The summed E-state index contributed by atoms with van der Waals surface area (Å²) < 4.78 is 0. The van der Waals surface area contributed by atoms with Crippen LogP contribution >= 0.6 is 0 Å². The molecule has 0 radical (unpaired) electrons. The fourth-order valence-corrected chi connectivity index (χ4v) is 4.16. The fraction of sp³-hybridized carbons (Fsp3) is 0.619. The van der Waals surface area contributed by atoms with Gasteiger partial charge in [-0.25, -0.2) is 4.79 Å². The zero-order chi connectivity index (χ0) is 19.6. The van der Waals surface area contributed by atoms with E-state index in [1.807, 2.05) is 35.2 Å². The van der Waals surface area contributed by atoms with E-state index in [1.165, 1.54) is 0 Å². The average molecular weight is 373 g/mol. The first-order valence-electron chi connectivity index (χ1n) is 9.92. The van der Waals surface area contributed by atoms with Gasteiger partial charge in [0.2, 0.25) is 5.91 Å². The molecule has 1 N–H and O–H groups in total. The Morgan fingerprint density at radius 1 is 1.22 bits per heavy atom. The molecule has 1 aromatic carbocycles. The highest BCUT2D eigenvalue weighted by Crippen LogP contribution is 2.30. The van der Waals surface area contributed by atoms with Crippen LogP contribution in [0.2, 0.25) is 0 Å². The standard InChI is InChI=1S/C21H32N4O2/c1-15(2)10-19-20(26)24-13-17(23(3)4)11-18(24)14-25(19)21(27)22-12-16-8-6-5-7-9-16/h5-9,15,17-19H,10-14H2,1-4H3,(H,22,27)/t17-,18-,19-/m0/s1. The first kappa shape index (κ1) is 19.7. The zero-order valence-electron chi connectivity index (χ0n) is 16.9. The van der Waals surface area contributed by atoms with Gasteiger partial charge in [-0.05, 0) is 38.4 Å². The predicted molar refractivity (Wildman–Crippen MR) is 106 cm³/mol. The van der Waals surface area contributed by atoms with Gasteiger partial charge in [0.05, 0.1) is 6.04 Å². The largest absolute Gasteiger partial charge is 0.335 e. The maximum absolute atomic E-state index is 13.2. The van der Waals surface area contributed by atoms with E-state index in [-0.39, 0.29) is 24.0 Å². The topological polar surface area (TPSA) is 55.9 Å². The van der Waals surface area contributed by atoms with Crippen molar-refractivity contribution in [2.45, 2.75) is 51.4 Å². The summed E-state index contributed by atoms with van der Waals surface area (Å²) in [6.45, 7) is 6.07. The monoisotopic (exact) mass is 372 g/mol. The molecule has 148 valence electrons. The predicted octanol–water partition coefficient (Wildman–Crippen LogP) is 2.16. The van der Waals surface area contributed by atoms with Crippen molar-refractivity contribution in [2.75, 3.05) is 27.2 Å². The summed E-state index contributed by atoms with van der Waals surface area (Å²) in [5.74, 6) is 0.464. The molecule has 0 bridgehead atoms. The molecule has 2 saturated heterocycles. The van der Waals surface area contributed by atoms with E-state index in [0.29, 0.717) is 31.5 Å². The number of hydrogen-bond donors (Lipinski definition) is 1. The van der Waals surface area contributed by atoms with Crippen LogP contribution in [-0.4, -0.2) is 71.9 Å². The second-order valence-electron chi connectivity index (χ2n) is 8.44. The number of carbonyl (C=O) groups is 2. The third kappa shape index (κ3) is 4.43. The van der Waals surface area contributed by atoms with Crippen LogP contribution in [0.1, 0.15) is 32.3 Å². The molecule has 3 rings (SSSR count). The SMILES string of the molecule is CC(C)C[C@H]1C(=O)N2C[C@@H](N(C)C)C[C@H]2CN1C(=O)NCc1ccccc1. The van der Waals surface area contributed by atoms with E-state index in [0.717, 1.165) is 18.5 Å². The second-order valence-corrected chi connectivity index (χ2v) is 8.44. The van der Waals surface area contributed by atoms with E-state index < -0.39 is 0 Å². The molecule has 1 aromatic rings. The molecule has 0 saturated carbocycles. The molecule has 3 amide bonds. The molecule has 2 aliphatic rings. The molecule has 2 heterocycles. The lowest BCUT2D eigenvalue weighted by Gasteiger charge is -2.43. The summed E-state index contributed by atoms with van der Waals surface area (Å²) in [6.07, 6.45) is 1.63. The van der Waals surface area contributed by atoms with Crippen molar-refractivity contribution < 1.29 is 9.59 Å². The highest BCUT2D eigenvalue weighted by Gasteiger charge is 2.47. The summed E-state index contributed by atoms with van der Waals surface area (Å²) in [5.41, 5.74) is 1.06. The van der Waals surface area contributed by atoms with Gasteiger partial charge in [0.25, 0.3) is 0 Å². The van der Waals surface area contributed by atoms with Crippen molar-refractivity contribution in [3.63, 3.8) is 0 Å². The zero-order valence-corrected chi connectivity index (χ0v) is 16.9. The van der Waals surface area contributed by atoms with Gasteiger partial charge in [0.1, 0.15) is 6.04 Å². The minimum atomic E-state index is -0.363. The second kappa shape index (κ2) is 8.30. The Hall–Kier alpha value is -2.08. The van der Waals surface area contributed by atoms with E-state index in [9.17, 15) is 9.59 Å². The summed E-state index contributed by atoms with van der Waals surface area (Å²) in [6, 6.07) is 9.87. The fourth-order valence-electron chi connectivity index (χ4n) is 4.16. The Balaban J connectivity index is 1.72. The third-order valence-electron chi connectivity index (χ3n) is 5.72. The quantitative estimate of drug-likeness (QED) is 0.862. The third-order valence-corrected chi connectivity index (χ3v) is 5.72. The summed E-state index contributed by atoms with van der Waals surface area (Å²) in [4.78, 5) is 32.1. The molecular formula is C21H32N4O2. The summed E-state index contributed by atoms with van der Waals surface area (Å²) >= 11 is 0. The number of rotatable bonds is 5. The van der Waals surface area contributed by atoms with Crippen LogP contribution in [-0.2, 0) is 11.3 Å². The van der Waals surface area contributed by atoms with Gasteiger partial charge >= 0.3 is 6.03 Å². The Bertz CT molecular complexity index is 661. The Morgan fingerprint density at radius 3 is 2.56 bits per heavy atom. The van der Waals surface area contributed by atoms with E-state index in [1.54, 1.807) is 4.90 Å². The molecule has 2 fully saturated rings. The van der Waals surface area contributed by atoms with Crippen molar-refractivity contribution in [2.24, 2.45) is 5.92 Å². The Morgan fingerprint density at radius 2 is 1.93 bits per heavy atom. The number of fused-ring (bicyclic) bond motifs is 1. The molecule has 0 spiro atoms. The minimum Gasteiger partial charge on any atom is -0.335 e. The molecular weight excluding hydrogens is 340 g/mol. The van der Waals surface area contributed by atoms with Crippen LogP contribution in [0.25, 0.3) is 0 Å². The lowest BCUT2D eigenvalue weighted by Crippen LogP contribution is -2.63. The van der Waals surface area contributed by atoms with Gasteiger partial charge in [-0.2, -0.15) is 0 Å². The van der Waals surface area contributed by atoms with Crippen molar-refractivity contribution in [3.8, 4) is 0 Å². The summed E-state index contributed by atoms with van der Waals surface area (Å²) in [7, 11) is 4.12. The number of nitrogens with zero attached hydrogens (tertiary/aromatic N) is 3. The van der Waals surface area contributed by atoms with Crippen molar-refractivity contribution in [1.29, 1.82) is 0 Å². The highest BCUT2D eigenvalue weighted by molar-refractivity contribution is 5.89. The van der Waals surface area contributed by atoms with Gasteiger partial charge in [0.15, 0.2) is 0 Å². The van der Waals surface area contributed by atoms with Gasteiger partial charge in [0, 0.05) is 25.7 Å². The van der Waals surface area contributed by atoms with Crippen LogP contribution in [0.5, 0.6) is 0 Å². The van der Waals surface area contributed by atoms with Gasteiger partial charge in [-0.15, -0.1) is 0 Å².